The molecule has 1 N–H and O–H groups in total. The summed E-state index contributed by atoms with van der Waals surface area (Å²) in [7, 11) is 0. The fraction of sp³-hybridized carbons (Fsp3) is 0.167. The highest BCUT2D eigenvalue weighted by Gasteiger charge is 2.28. The molecule has 0 fully saturated rings. The second kappa shape index (κ2) is 2.10. The highest BCUT2D eigenvalue weighted by atomic mass is 19.3. The Morgan fingerprint density at radius 1 is 1.70 bits per heavy atom. The molecule has 0 aliphatic heterocycles. The molecule has 0 atom stereocenters. The van der Waals surface area contributed by atoms with E-state index in [0.717, 1.165) is 12.4 Å². The Kier molecular flexibility index (Phi) is 1.42. The van der Waals surface area contributed by atoms with E-state index in [0.29, 0.717) is 0 Å². The molecule has 1 aromatic heterocycles. The molecule has 4 heteroatoms. The summed E-state index contributed by atoms with van der Waals surface area (Å²) < 4.78 is 24.8. The maximum Gasteiger partial charge on any atom is 0.336 e. The van der Waals surface area contributed by atoms with E-state index in [1.165, 1.54) is 5.92 Å². The summed E-state index contributed by atoms with van der Waals surface area (Å²) in [6.07, 6.45) is 6.62. The van der Waals surface area contributed by atoms with Crippen LogP contribution in [0.4, 0.5) is 8.78 Å². The topological polar surface area (TPSA) is 28.7 Å². The van der Waals surface area contributed by atoms with Crippen molar-refractivity contribution in [3.8, 4) is 12.3 Å². The molecule has 0 unspecified atom stereocenters. The van der Waals surface area contributed by atoms with Crippen molar-refractivity contribution in [3.63, 3.8) is 0 Å². The number of aromatic nitrogens is 2. The largest absolute Gasteiger partial charge is 0.336 e. The monoisotopic (exact) mass is 142 g/mol. The molecule has 1 aromatic rings. The van der Waals surface area contributed by atoms with E-state index >= 15 is 0 Å². The second-order valence-corrected chi connectivity index (χ2v) is 1.71. The molecule has 52 valence electrons. The predicted octanol–water partition coefficient (Wildman–Crippen LogP) is 1.13. The minimum atomic E-state index is -3.20. The standard InChI is InChI=1S/C6H4F2N2/c1-2-6(7,8)5-3-9-10-4-5/h1,3-4H,(H,9,10). The van der Waals surface area contributed by atoms with Crippen molar-refractivity contribution in [3.05, 3.63) is 18.0 Å². The molecular weight excluding hydrogens is 138 g/mol. The lowest BCUT2D eigenvalue weighted by atomic mass is 10.2. The summed E-state index contributed by atoms with van der Waals surface area (Å²) in [6.45, 7) is 0. The van der Waals surface area contributed by atoms with Gasteiger partial charge in [-0.3, -0.25) is 5.10 Å². The van der Waals surface area contributed by atoms with Crippen molar-refractivity contribution in [2.24, 2.45) is 0 Å². The van der Waals surface area contributed by atoms with Crippen LogP contribution in [-0.4, -0.2) is 10.2 Å². The molecule has 1 rings (SSSR count). The third kappa shape index (κ3) is 0.982. The zero-order chi connectivity index (χ0) is 7.61. The molecule has 0 aromatic carbocycles. The molecule has 1 heterocycles. The normalized spacial score (nSPS) is 10.9. The van der Waals surface area contributed by atoms with Gasteiger partial charge in [0.15, 0.2) is 0 Å². The Labute approximate surface area is 56.3 Å². The average Bonchev–Trinajstić information content (AvgIpc) is 2.38. The lowest BCUT2D eigenvalue weighted by Gasteiger charge is -2.03. The number of alkyl halides is 2. The van der Waals surface area contributed by atoms with Crippen LogP contribution in [0.2, 0.25) is 0 Å². The van der Waals surface area contributed by atoms with Crippen LogP contribution in [0.25, 0.3) is 0 Å². The highest BCUT2D eigenvalue weighted by Crippen LogP contribution is 2.24. The van der Waals surface area contributed by atoms with Gasteiger partial charge in [-0.25, -0.2) is 0 Å². The number of H-pyrrole nitrogens is 1. The van der Waals surface area contributed by atoms with Crippen LogP contribution in [0.3, 0.4) is 0 Å². The Morgan fingerprint density at radius 3 is 2.80 bits per heavy atom. The summed E-state index contributed by atoms with van der Waals surface area (Å²) >= 11 is 0. The fourth-order valence-electron chi connectivity index (χ4n) is 0.506. The van der Waals surface area contributed by atoms with Crippen molar-refractivity contribution >= 4 is 0 Å². The Hall–Kier alpha value is -1.37. The van der Waals surface area contributed by atoms with E-state index in [2.05, 4.69) is 16.6 Å². The molecule has 0 spiro atoms. The first-order chi connectivity index (χ1) is 4.67. The number of aromatic amines is 1. The SMILES string of the molecule is C#CC(F)(F)c1cn[nH]c1. The molecule has 0 aliphatic carbocycles. The molecule has 2 nitrogen and oxygen atoms in total. The number of terminal acetylenes is 1. The van der Waals surface area contributed by atoms with Crippen molar-refractivity contribution in [1.29, 1.82) is 0 Å². The third-order valence-electron chi connectivity index (χ3n) is 1.04. The summed E-state index contributed by atoms with van der Waals surface area (Å²) in [6, 6.07) is 0. The molecule has 10 heavy (non-hydrogen) atoms. The van der Waals surface area contributed by atoms with Crippen LogP contribution in [0.15, 0.2) is 12.4 Å². The lowest BCUT2D eigenvalue weighted by Crippen LogP contribution is -2.07. The van der Waals surface area contributed by atoms with Crippen molar-refractivity contribution < 1.29 is 8.78 Å². The van der Waals surface area contributed by atoms with Gasteiger partial charge in [0.2, 0.25) is 0 Å². The molecule has 0 aliphatic rings. The minimum absolute atomic E-state index is 0.282. The van der Waals surface area contributed by atoms with Gasteiger partial charge in [-0.05, 0) is 5.92 Å². The fourth-order valence-corrected chi connectivity index (χ4v) is 0.506. The van der Waals surface area contributed by atoms with E-state index in [4.69, 9.17) is 0 Å². The Bertz CT molecular complexity index is 245. The van der Waals surface area contributed by atoms with Crippen molar-refractivity contribution in [2.75, 3.05) is 0 Å². The number of nitrogens with zero attached hydrogens (tertiary/aromatic N) is 1. The van der Waals surface area contributed by atoms with Gasteiger partial charge < -0.3 is 0 Å². The third-order valence-corrected chi connectivity index (χ3v) is 1.04. The lowest BCUT2D eigenvalue weighted by molar-refractivity contribution is 0.0641. The van der Waals surface area contributed by atoms with Gasteiger partial charge in [0.1, 0.15) is 0 Å². The van der Waals surface area contributed by atoms with Crippen LogP contribution in [0.5, 0.6) is 0 Å². The number of hydrogen-bond donors (Lipinski definition) is 1. The Morgan fingerprint density at radius 2 is 2.40 bits per heavy atom. The number of hydrogen-bond acceptors (Lipinski definition) is 1. The molecule has 0 radical (unpaired) electrons. The van der Waals surface area contributed by atoms with E-state index in [1.54, 1.807) is 0 Å². The zero-order valence-corrected chi connectivity index (χ0v) is 4.94. The second-order valence-electron chi connectivity index (χ2n) is 1.71. The van der Waals surface area contributed by atoms with Gasteiger partial charge in [-0.1, -0.05) is 0 Å². The van der Waals surface area contributed by atoms with Crippen LogP contribution < -0.4 is 0 Å². The first kappa shape index (κ1) is 6.75. The van der Waals surface area contributed by atoms with E-state index in [9.17, 15) is 8.78 Å². The van der Waals surface area contributed by atoms with Crippen LogP contribution in [0, 0.1) is 12.3 Å². The molecule has 0 saturated heterocycles. The van der Waals surface area contributed by atoms with Gasteiger partial charge in [-0.2, -0.15) is 13.9 Å². The van der Waals surface area contributed by atoms with E-state index in [-0.39, 0.29) is 5.56 Å². The number of rotatable bonds is 1. The molecule has 0 saturated carbocycles. The maximum atomic E-state index is 12.4. The number of nitrogens with one attached hydrogen (secondary N) is 1. The molecule has 0 amide bonds. The first-order valence-corrected chi connectivity index (χ1v) is 2.51. The van der Waals surface area contributed by atoms with Gasteiger partial charge in [0.05, 0.1) is 11.8 Å². The molecular formula is C6H4F2N2. The smallest absolute Gasteiger partial charge is 0.285 e. The van der Waals surface area contributed by atoms with Gasteiger partial charge in [0.25, 0.3) is 0 Å². The zero-order valence-electron chi connectivity index (χ0n) is 4.94. The van der Waals surface area contributed by atoms with Crippen LogP contribution >= 0.6 is 0 Å². The van der Waals surface area contributed by atoms with Gasteiger partial charge in [0, 0.05) is 6.20 Å². The summed E-state index contributed by atoms with van der Waals surface area (Å²) in [5.74, 6) is -1.85. The van der Waals surface area contributed by atoms with Gasteiger partial charge in [-0.15, -0.1) is 6.42 Å². The molecule has 0 bridgehead atoms. The van der Waals surface area contributed by atoms with Crippen LogP contribution in [-0.2, 0) is 5.92 Å². The maximum absolute atomic E-state index is 12.4. The average molecular weight is 142 g/mol. The summed E-state index contributed by atoms with van der Waals surface area (Å²) in [4.78, 5) is 0. The minimum Gasteiger partial charge on any atom is -0.285 e. The van der Waals surface area contributed by atoms with Crippen LogP contribution in [0.1, 0.15) is 5.56 Å². The van der Waals surface area contributed by atoms with E-state index in [1.807, 2.05) is 0 Å². The van der Waals surface area contributed by atoms with E-state index < -0.39 is 5.92 Å². The van der Waals surface area contributed by atoms with Gasteiger partial charge >= 0.3 is 5.92 Å². The van der Waals surface area contributed by atoms with Crippen molar-refractivity contribution in [1.82, 2.24) is 10.2 Å². The quantitative estimate of drug-likeness (QED) is 0.585. The highest BCUT2D eigenvalue weighted by molar-refractivity contribution is 5.21. The number of halogens is 2. The summed E-state index contributed by atoms with van der Waals surface area (Å²) in [5, 5.41) is 5.58. The van der Waals surface area contributed by atoms with Crippen molar-refractivity contribution in [2.45, 2.75) is 5.92 Å². The summed E-state index contributed by atoms with van der Waals surface area (Å²) in [5.41, 5.74) is -0.282. The Balaban J connectivity index is 2.99. The predicted molar refractivity (Wildman–Crippen MR) is 31.3 cm³/mol. The first-order valence-electron chi connectivity index (χ1n) is 2.51.